The molecule has 29 heavy (non-hydrogen) atoms. The Morgan fingerprint density at radius 3 is 1.17 bits per heavy atom. The van der Waals surface area contributed by atoms with Crippen molar-refractivity contribution in [3.8, 4) is 0 Å². The van der Waals surface area contributed by atoms with E-state index in [9.17, 15) is 0 Å². The maximum absolute atomic E-state index is 4.57. The molecule has 0 spiro atoms. The number of halogens is 1. The molecule has 0 saturated heterocycles. The standard InChI is InChI=1S/C15H24N2.C10H15.ClH.Ru/c1-3-7-14(8-4-1)16-11-12-17(13-16)15-9-5-2-6-10-15;1-6-7(2)9(4)10(5)8(6)3;;/h11-12,14-15H,1-10H2;1-5H3;1H;/q;;;+2/p-1. The fourth-order valence-electron chi connectivity index (χ4n) is 4.88. The molecule has 0 bridgehead atoms. The first-order chi connectivity index (χ1) is 14.0. The molecule has 1 heterocycles. The van der Waals surface area contributed by atoms with Crippen LogP contribution in [0.2, 0.25) is 0 Å². The zero-order chi connectivity index (χ0) is 21.4. The van der Waals surface area contributed by atoms with Gasteiger partial charge in [0, 0.05) is 24.5 Å². The predicted octanol–water partition coefficient (Wildman–Crippen LogP) is 7.40. The molecule has 3 aliphatic carbocycles. The van der Waals surface area contributed by atoms with E-state index in [1.807, 2.05) is 17.3 Å². The third-order valence-corrected chi connectivity index (χ3v) is 7.37. The van der Waals surface area contributed by atoms with E-state index in [0.717, 1.165) is 12.1 Å². The maximum atomic E-state index is 4.57. The second-order valence-corrected chi connectivity index (χ2v) is 8.92. The molecule has 2 nitrogen and oxygen atoms in total. The third-order valence-electron chi connectivity index (χ3n) is 7.37. The Labute approximate surface area is 195 Å². The number of hydrogen-bond donors (Lipinski definition) is 0. The second kappa shape index (κ2) is 13.0. The summed E-state index contributed by atoms with van der Waals surface area (Å²) in [6.45, 7) is 14.6. The van der Waals surface area contributed by atoms with Crippen molar-refractivity contribution in [1.29, 1.82) is 0 Å². The van der Waals surface area contributed by atoms with Crippen molar-refractivity contribution < 1.29 is 17.3 Å². The van der Waals surface area contributed by atoms with Crippen molar-refractivity contribution in [2.45, 2.75) is 111 Å². The van der Waals surface area contributed by atoms with Crippen LogP contribution in [0.15, 0.2) is 12.4 Å². The summed E-state index contributed by atoms with van der Waals surface area (Å²) in [7, 11) is 4.57. The molecule has 0 aromatic heterocycles. The summed E-state index contributed by atoms with van der Waals surface area (Å²) in [6, 6.07) is 1.46. The van der Waals surface area contributed by atoms with Gasteiger partial charge in [-0.1, -0.05) is 73.1 Å². The van der Waals surface area contributed by atoms with Crippen molar-refractivity contribution in [3.63, 3.8) is 0 Å². The van der Waals surface area contributed by atoms with Crippen molar-refractivity contribution in [2.75, 3.05) is 0 Å². The zero-order valence-corrected chi connectivity index (χ0v) is 21.5. The first kappa shape index (κ1) is 25.5. The summed E-state index contributed by atoms with van der Waals surface area (Å²) < 4.78 is 0. The van der Waals surface area contributed by atoms with Gasteiger partial charge in [-0.05, 0) is 55.3 Å². The van der Waals surface area contributed by atoms with Gasteiger partial charge in [0.25, 0.3) is 0 Å². The van der Waals surface area contributed by atoms with Gasteiger partial charge in [0.2, 0.25) is 6.67 Å². The van der Waals surface area contributed by atoms with Crippen LogP contribution in [0.25, 0.3) is 0 Å². The van der Waals surface area contributed by atoms with Crippen LogP contribution in [0.4, 0.5) is 0 Å². The van der Waals surface area contributed by atoms with Crippen molar-refractivity contribution in [3.05, 3.63) is 48.7 Å². The molecule has 1 aliphatic heterocycles. The Morgan fingerprint density at radius 2 is 0.897 bits per heavy atom. The number of rotatable bonds is 2. The average molecular weight is 504 g/mol. The minimum atomic E-state index is 0.730. The molecule has 0 unspecified atom stereocenters. The molecule has 3 saturated carbocycles. The summed E-state index contributed by atoms with van der Waals surface area (Å²) in [5, 5.41) is 0. The number of hydrogen-bond acceptors (Lipinski definition) is 2. The molecule has 0 amide bonds. The molecular formula is C25H39ClN2Ru+. The first-order valence-corrected chi connectivity index (χ1v) is 13.6. The van der Waals surface area contributed by atoms with Crippen LogP contribution in [-0.4, -0.2) is 21.9 Å². The van der Waals surface area contributed by atoms with E-state index in [-0.39, 0.29) is 0 Å². The summed E-state index contributed by atoms with van der Waals surface area (Å²) in [5.74, 6) is 7.34. The fraction of sp³-hybridized carbons (Fsp3) is 0.680. The monoisotopic (exact) mass is 504 g/mol. The average Bonchev–Trinajstić information content (AvgIpc) is 3.35. The van der Waals surface area contributed by atoms with Gasteiger partial charge in [0.05, 0.1) is 0 Å². The second-order valence-electron chi connectivity index (χ2n) is 8.92. The van der Waals surface area contributed by atoms with Gasteiger partial charge < -0.3 is 9.80 Å². The van der Waals surface area contributed by atoms with Gasteiger partial charge >= 0.3 is 27.0 Å². The van der Waals surface area contributed by atoms with Gasteiger partial charge in [-0.15, -0.1) is 0 Å². The molecule has 4 rings (SSSR count). The van der Waals surface area contributed by atoms with Crippen LogP contribution in [0.3, 0.4) is 0 Å². The van der Waals surface area contributed by atoms with Crippen molar-refractivity contribution >= 4 is 9.69 Å². The van der Waals surface area contributed by atoms with E-state index in [4.69, 9.17) is 0 Å². The quantitative estimate of drug-likeness (QED) is 0.362. The molecule has 4 heteroatoms. The molecule has 0 N–H and O–H groups in total. The molecule has 4 aliphatic rings. The topological polar surface area (TPSA) is 6.48 Å². The van der Waals surface area contributed by atoms with Crippen LogP contribution in [0.5, 0.6) is 0 Å². The van der Waals surface area contributed by atoms with Gasteiger partial charge in [-0.2, -0.15) is 0 Å². The summed E-state index contributed by atoms with van der Waals surface area (Å²) in [4.78, 5) is 4.71. The van der Waals surface area contributed by atoms with Crippen LogP contribution in [0, 0.1) is 36.3 Å². The molecule has 0 aromatic rings. The first-order valence-electron chi connectivity index (χ1n) is 11.3. The fourth-order valence-corrected chi connectivity index (χ4v) is 4.88. The summed E-state index contributed by atoms with van der Waals surface area (Å²) in [5.41, 5.74) is 0. The Morgan fingerprint density at radius 1 is 0.621 bits per heavy atom. The van der Waals surface area contributed by atoms with E-state index >= 15 is 0 Å². The van der Waals surface area contributed by atoms with E-state index < -0.39 is 0 Å². The van der Waals surface area contributed by atoms with E-state index in [2.05, 4.69) is 73.2 Å². The summed E-state index contributed by atoms with van der Waals surface area (Å²) >= 11 is 1.82. The van der Waals surface area contributed by atoms with Crippen LogP contribution < -0.4 is 0 Å². The van der Waals surface area contributed by atoms with Gasteiger partial charge in [0.15, 0.2) is 0 Å². The van der Waals surface area contributed by atoms with Crippen LogP contribution in [-0.2, 0) is 17.3 Å². The number of nitrogens with zero attached hydrogens (tertiary/aromatic N) is 2. The molecule has 7 radical (unpaired) electrons. The Kier molecular flexibility index (Phi) is 11.4. The van der Waals surface area contributed by atoms with E-state index in [1.165, 1.54) is 93.8 Å². The zero-order valence-electron chi connectivity index (χ0n) is 19.0. The minimum absolute atomic E-state index is 0.730. The van der Waals surface area contributed by atoms with E-state index in [1.54, 1.807) is 0 Å². The molecular weight excluding hydrogens is 465 g/mol. The third kappa shape index (κ3) is 6.87. The Bertz CT molecular complexity index is 403. The van der Waals surface area contributed by atoms with Crippen LogP contribution >= 0.6 is 9.69 Å². The SMILES string of the molecule is C[C]1[C](C)[C](C)[C](C)[C]1C.[C]1N(C2CCCCC2)C=CN1C1CCCCC1.[Cl][Ru+]. The van der Waals surface area contributed by atoms with Crippen molar-refractivity contribution in [1.82, 2.24) is 9.80 Å². The Balaban J connectivity index is 0.000000215. The van der Waals surface area contributed by atoms with E-state index in [0.29, 0.717) is 0 Å². The normalized spacial score (nSPS) is 26.4. The molecule has 163 valence electrons. The summed E-state index contributed by atoms with van der Waals surface area (Å²) in [6.07, 6.45) is 18.4. The predicted molar refractivity (Wildman–Crippen MR) is 120 cm³/mol. The van der Waals surface area contributed by atoms with Gasteiger partial charge in [-0.3, -0.25) is 0 Å². The van der Waals surface area contributed by atoms with Crippen molar-refractivity contribution in [2.24, 2.45) is 0 Å². The van der Waals surface area contributed by atoms with Crippen LogP contribution in [0.1, 0.15) is 98.8 Å². The van der Waals surface area contributed by atoms with Gasteiger partial charge in [-0.25, -0.2) is 0 Å². The molecule has 3 fully saturated rings. The molecule has 0 aromatic carbocycles. The van der Waals surface area contributed by atoms with Gasteiger partial charge in [0.1, 0.15) is 0 Å². The Hall–Kier alpha value is 0.253. The molecule has 0 atom stereocenters.